The molecule has 1 saturated carbocycles. The van der Waals surface area contributed by atoms with Gasteiger partial charge in [0.2, 0.25) is 11.7 Å². The summed E-state index contributed by atoms with van der Waals surface area (Å²) >= 11 is 1.48. The van der Waals surface area contributed by atoms with Crippen molar-refractivity contribution in [2.24, 2.45) is 16.8 Å². The van der Waals surface area contributed by atoms with Gasteiger partial charge in [-0.1, -0.05) is 0 Å². The van der Waals surface area contributed by atoms with Crippen LogP contribution in [-0.4, -0.2) is 84.5 Å². The second kappa shape index (κ2) is 8.32. The van der Waals surface area contributed by atoms with Gasteiger partial charge in [0.15, 0.2) is 5.82 Å². The van der Waals surface area contributed by atoms with Crippen molar-refractivity contribution in [1.82, 2.24) is 33.9 Å². The van der Waals surface area contributed by atoms with Gasteiger partial charge in [-0.05, 0) is 25.7 Å². The van der Waals surface area contributed by atoms with E-state index in [0.717, 1.165) is 31.2 Å². The van der Waals surface area contributed by atoms with Gasteiger partial charge in [-0.3, -0.25) is 24.3 Å². The minimum Gasteiger partial charge on any atom is -0.340 e. The molecule has 1 unspecified atom stereocenters. The lowest BCUT2D eigenvalue weighted by Crippen LogP contribution is -2.49. The van der Waals surface area contributed by atoms with E-state index in [2.05, 4.69) is 15.0 Å². The normalized spacial score (nSPS) is 21.2. The molecule has 1 atom stereocenters. The predicted octanol–water partition coefficient (Wildman–Crippen LogP) is 0.102. The smallest absolute Gasteiger partial charge is 0.340 e. The van der Waals surface area contributed by atoms with E-state index in [1.807, 2.05) is 17.2 Å². The second-order valence-corrected chi connectivity index (χ2v) is 10.1. The van der Waals surface area contributed by atoms with Gasteiger partial charge in [0.05, 0.1) is 0 Å². The lowest BCUT2D eigenvalue weighted by atomic mass is 10.2. The highest BCUT2D eigenvalue weighted by Crippen LogP contribution is 2.33. The summed E-state index contributed by atoms with van der Waals surface area (Å²) in [4.78, 5) is 43.3. The van der Waals surface area contributed by atoms with E-state index in [1.165, 1.54) is 29.2 Å². The van der Waals surface area contributed by atoms with Crippen LogP contribution >= 0.6 is 11.3 Å². The van der Waals surface area contributed by atoms with Crippen molar-refractivity contribution in [2.75, 3.05) is 37.7 Å². The maximum absolute atomic E-state index is 12.8. The van der Waals surface area contributed by atoms with E-state index < -0.39 is 0 Å². The highest BCUT2D eigenvalue weighted by Gasteiger charge is 2.33. The maximum Gasteiger partial charge on any atom is 0.343 e. The number of aliphatic imine (C=N–C) groups is 1. The summed E-state index contributed by atoms with van der Waals surface area (Å²) in [5.74, 6) is 8.24. The van der Waals surface area contributed by atoms with Crippen LogP contribution in [-0.2, 0) is 11.3 Å². The van der Waals surface area contributed by atoms with Gasteiger partial charge < -0.3 is 4.90 Å². The van der Waals surface area contributed by atoms with E-state index in [9.17, 15) is 9.59 Å². The average Bonchev–Trinajstić information content (AvgIpc) is 3.21. The first-order valence-corrected chi connectivity index (χ1v) is 12.6. The number of thiazole rings is 1. The Morgan fingerprint density at radius 1 is 1.24 bits per heavy atom. The number of nitrogens with one attached hydrogen (secondary N) is 1. The van der Waals surface area contributed by atoms with Crippen LogP contribution in [0.25, 0.3) is 5.78 Å². The molecule has 1 aliphatic carbocycles. The minimum absolute atomic E-state index is 0.232. The zero-order chi connectivity index (χ0) is 23.4. The molecule has 3 aromatic rings. The van der Waals surface area contributed by atoms with E-state index >= 15 is 0 Å². The molecular weight excluding hydrogens is 456 g/mol. The molecule has 0 bridgehead atoms. The molecule has 2 aliphatic heterocycles. The molecule has 2 fully saturated rings. The molecule has 12 nitrogen and oxygen atoms in total. The number of imidazole rings is 1. The van der Waals surface area contributed by atoms with Gasteiger partial charge in [-0.2, -0.15) is 4.98 Å². The molecule has 6 rings (SSSR count). The Balaban J connectivity index is 1.20. The number of nitrogens with zero attached hydrogens (tertiary/aromatic N) is 8. The van der Waals surface area contributed by atoms with Gasteiger partial charge in [0.1, 0.15) is 22.6 Å². The zero-order valence-corrected chi connectivity index (χ0v) is 19.9. The largest absolute Gasteiger partial charge is 0.343 e. The number of anilines is 1. The molecular formula is C21H28N10O2S. The molecule has 3 aromatic heterocycles. The van der Waals surface area contributed by atoms with E-state index in [0.29, 0.717) is 48.4 Å². The van der Waals surface area contributed by atoms with Crippen molar-refractivity contribution in [3.8, 4) is 0 Å². The van der Waals surface area contributed by atoms with Crippen molar-refractivity contribution in [3.63, 3.8) is 0 Å². The highest BCUT2D eigenvalue weighted by atomic mass is 32.1. The SMILES string of the molecule is CC1N=C(c2nccs2)c2c(nc3n(CCN4CCN(C(=O)CC5CC5)CC4)c(=O)[nH]n23)N1N. The van der Waals surface area contributed by atoms with Crippen molar-refractivity contribution in [2.45, 2.75) is 38.9 Å². The van der Waals surface area contributed by atoms with Crippen LogP contribution in [0.1, 0.15) is 36.9 Å². The number of aromatic nitrogens is 5. The monoisotopic (exact) mass is 484 g/mol. The number of carbonyl (C=O) groups excluding carboxylic acids is 1. The Hall–Kier alpha value is -3.03. The summed E-state index contributed by atoms with van der Waals surface area (Å²) in [5, 5.41) is 7.06. The quantitative estimate of drug-likeness (QED) is 0.474. The number of rotatable bonds is 6. The van der Waals surface area contributed by atoms with Crippen LogP contribution in [0.2, 0.25) is 0 Å². The van der Waals surface area contributed by atoms with Crippen LogP contribution in [0.4, 0.5) is 5.82 Å². The van der Waals surface area contributed by atoms with Crippen LogP contribution in [0.5, 0.6) is 0 Å². The molecule has 3 aliphatic rings. The summed E-state index contributed by atoms with van der Waals surface area (Å²) in [6.07, 6.45) is 4.52. The third-order valence-corrected chi connectivity index (χ3v) is 7.66. The number of fused-ring (bicyclic) bond motifs is 3. The third-order valence-electron chi connectivity index (χ3n) is 6.88. The molecule has 1 saturated heterocycles. The van der Waals surface area contributed by atoms with E-state index in [1.54, 1.807) is 15.3 Å². The number of H-pyrrole nitrogens is 1. The predicted molar refractivity (Wildman–Crippen MR) is 128 cm³/mol. The summed E-state index contributed by atoms with van der Waals surface area (Å²) in [6, 6.07) is 0. The van der Waals surface area contributed by atoms with E-state index in [4.69, 9.17) is 15.8 Å². The average molecular weight is 485 g/mol. The van der Waals surface area contributed by atoms with E-state index in [-0.39, 0.29) is 17.8 Å². The molecule has 1 amide bonds. The maximum atomic E-state index is 12.8. The lowest BCUT2D eigenvalue weighted by molar-refractivity contribution is -0.133. The number of nitrogens with two attached hydrogens (primary N) is 1. The second-order valence-electron chi connectivity index (χ2n) is 9.21. The first-order chi connectivity index (χ1) is 16.5. The summed E-state index contributed by atoms with van der Waals surface area (Å²) in [7, 11) is 0. The fourth-order valence-electron chi connectivity index (χ4n) is 4.67. The van der Waals surface area contributed by atoms with Gasteiger partial charge in [0, 0.05) is 57.3 Å². The number of carbonyl (C=O) groups is 1. The molecule has 13 heteroatoms. The Morgan fingerprint density at radius 2 is 2.03 bits per heavy atom. The lowest BCUT2D eigenvalue weighted by Gasteiger charge is -2.34. The molecule has 0 aromatic carbocycles. The standard InChI is InChI=1S/C21H28N10O2S/c1-13-24-16(19-23-4-11-34-19)17-18(30(13)22)25-20-29(21(33)26-31(17)20)10-7-27-5-8-28(9-6-27)15(32)12-14-2-3-14/h4,11,13-14H,2-3,5-10,12,22H2,1H3,(H,26,33). The fourth-order valence-corrected chi connectivity index (χ4v) is 5.30. The van der Waals surface area contributed by atoms with Crippen LogP contribution in [0, 0.1) is 5.92 Å². The first-order valence-electron chi connectivity index (χ1n) is 11.7. The fraction of sp³-hybridized carbons (Fsp3) is 0.571. The van der Waals surface area contributed by atoms with Gasteiger partial charge in [-0.25, -0.2) is 25.2 Å². The Kier molecular flexibility index (Phi) is 5.26. The number of hydrogen-bond acceptors (Lipinski definition) is 9. The zero-order valence-electron chi connectivity index (χ0n) is 19.1. The minimum atomic E-state index is -0.301. The molecule has 180 valence electrons. The summed E-state index contributed by atoms with van der Waals surface area (Å²) in [5.41, 5.74) is 1.08. The van der Waals surface area contributed by atoms with Crippen LogP contribution < -0.4 is 16.5 Å². The van der Waals surface area contributed by atoms with Gasteiger partial charge in [-0.15, -0.1) is 11.3 Å². The summed E-state index contributed by atoms with van der Waals surface area (Å²) < 4.78 is 3.30. The molecule has 5 heterocycles. The van der Waals surface area contributed by atoms with Gasteiger partial charge in [0.25, 0.3) is 0 Å². The molecule has 34 heavy (non-hydrogen) atoms. The number of piperazine rings is 1. The highest BCUT2D eigenvalue weighted by molar-refractivity contribution is 7.11. The molecule has 3 N–H and O–H groups in total. The number of hydrazine groups is 1. The van der Waals surface area contributed by atoms with Crippen LogP contribution in [0.15, 0.2) is 21.4 Å². The first kappa shape index (κ1) is 21.5. The Morgan fingerprint density at radius 3 is 2.74 bits per heavy atom. The van der Waals surface area contributed by atoms with Crippen LogP contribution in [0.3, 0.4) is 0 Å². The summed E-state index contributed by atoms with van der Waals surface area (Å²) in [6.45, 7) is 6.19. The topological polar surface area (TPSA) is 133 Å². The molecule has 0 radical (unpaired) electrons. The van der Waals surface area contributed by atoms with Crippen molar-refractivity contribution < 1.29 is 4.79 Å². The Labute approximate surface area is 199 Å². The third kappa shape index (κ3) is 3.73. The molecule has 0 spiro atoms. The number of amides is 1. The number of aromatic amines is 1. The van der Waals surface area contributed by atoms with Crippen molar-refractivity contribution in [3.05, 3.63) is 32.8 Å². The number of hydrogen-bond donors (Lipinski definition) is 2. The Bertz CT molecular complexity index is 1290. The van der Waals surface area contributed by atoms with Crippen molar-refractivity contribution >= 4 is 34.6 Å². The van der Waals surface area contributed by atoms with Gasteiger partial charge >= 0.3 is 5.69 Å². The van der Waals surface area contributed by atoms with Crippen molar-refractivity contribution in [1.29, 1.82) is 0 Å².